The lowest BCUT2D eigenvalue weighted by molar-refractivity contribution is -0.137. The fourth-order valence-corrected chi connectivity index (χ4v) is 2.39. The van der Waals surface area contributed by atoms with Crippen LogP contribution < -0.4 is 10.6 Å². The molecule has 0 saturated carbocycles. The van der Waals surface area contributed by atoms with E-state index in [-0.39, 0.29) is 18.3 Å². The molecule has 146 valence electrons. The van der Waals surface area contributed by atoms with Gasteiger partial charge < -0.3 is 14.8 Å². The van der Waals surface area contributed by atoms with Gasteiger partial charge in [-0.25, -0.2) is 0 Å². The van der Waals surface area contributed by atoms with Gasteiger partial charge in [-0.1, -0.05) is 18.7 Å². The van der Waals surface area contributed by atoms with E-state index < -0.39 is 18.0 Å². The van der Waals surface area contributed by atoms with E-state index in [9.17, 15) is 18.3 Å². The summed E-state index contributed by atoms with van der Waals surface area (Å²) >= 11 is 0. The molecule has 0 spiro atoms. The van der Waals surface area contributed by atoms with Crippen molar-refractivity contribution in [2.24, 2.45) is 0 Å². The third kappa shape index (κ3) is 4.76. The molecule has 9 heteroatoms. The van der Waals surface area contributed by atoms with Gasteiger partial charge in [0.05, 0.1) is 23.4 Å². The minimum absolute atomic E-state index is 0.148. The van der Waals surface area contributed by atoms with Crippen molar-refractivity contribution < 1.29 is 22.7 Å². The standard InChI is InChI=1S/C19H17F3N4O2/c1-2-16(27)23-11-17-25-26-18(28-17)14-5-3-4-6-15(14)24-13-9-7-12(8-10-13)19(20,21)22/h2-10,16,23-24,27H,1,11H2. The van der Waals surface area contributed by atoms with E-state index in [0.717, 1.165) is 12.1 Å². The van der Waals surface area contributed by atoms with Crippen molar-refractivity contribution in [1.82, 2.24) is 15.5 Å². The highest BCUT2D eigenvalue weighted by Crippen LogP contribution is 2.32. The second kappa shape index (κ2) is 8.24. The third-order valence-corrected chi connectivity index (χ3v) is 3.80. The number of hydrogen-bond donors (Lipinski definition) is 3. The molecule has 0 saturated heterocycles. The van der Waals surface area contributed by atoms with Gasteiger partial charge in [-0.15, -0.1) is 10.2 Å². The highest BCUT2D eigenvalue weighted by Gasteiger charge is 2.30. The smallest absolute Gasteiger partial charge is 0.416 e. The summed E-state index contributed by atoms with van der Waals surface area (Å²) in [5, 5.41) is 23.1. The van der Waals surface area contributed by atoms with Gasteiger partial charge in [0.25, 0.3) is 0 Å². The lowest BCUT2D eigenvalue weighted by Gasteiger charge is -2.11. The summed E-state index contributed by atoms with van der Waals surface area (Å²) in [4.78, 5) is 0. The zero-order valence-corrected chi connectivity index (χ0v) is 14.6. The van der Waals surface area contributed by atoms with E-state index in [2.05, 4.69) is 27.4 Å². The summed E-state index contributed by atoms with van der Waals surface area (Å²) < 4.78 is 43.7. The Morgan fingerprint density at radius 2 is 1.82 bits per heavy atom. The average Bonchev–Trinajstić information content (AvgIpc) is 3.15. The summed E-state index contributed by atoms with van der Waals surface area (Å²) in [7, 11) is 0. The molecule has 0 radical (unpaired) electrons. The van der Waals surface area contributed by atoms with Crippen LogP contribution in [0.25, 0.3) is 11.5 Å². The summed E-state index contributed by atoms with van der Waals surface area (Å²) in [5.74, 6) is 0.500. The number of para-hydroxylation sites is 1. The predicted molar refractivity (Wildman–Crippen MR) is 97.5 cm³/mol. The molecule has 1 unspecified atom stereocenters. The molecule has 0 fully saturated rings. The van der Waals surface area contributed by atoms with Gasteiger partial charge >= 0.3 is 6.18 Å². The maximum atomic E-state index is 12.7. The van der Waals surface area contributed by atoms with E-state index >= 15 is 0 Å². The molecule has 0 amide bonds. The Morgan fingerprint density at radius 1 is 1.11 bits per heavy atom. The number of nitrogens with one attached hydrogen (secondary N) is 2. The topological polar surface area (TPSA) is 83.2 Å². The zero-order chi connectivity index (χ0) is 20.1. The first-order valence-electron chi connectivity index (χ1n) is 8.27. The third-order valence-electron chi connectivity index (χ3n) is 3.80. The SMILES string of the molecule is C=CC(O)NCc1nnc(-c2ccccc2Nc2ccc(C(F)(F)F)cc2)o1. The number of hydrogen-bond acceptors (Lipinski definition) is 6. The highest BCUT2D eigenvalue weighted by atomic mass is 19.4. The first-order valence-corrected chi connectivity index (χ1v) is 8.27. The minimum atomic E-state index is -4.39. The zero-order valence-electron chi connectivity index (χ0n) is 14.6. The molecule has 2 aromatic carbocycles. The monoisotopic (exact) mass is 390 g/mol. The molecule has 0 bridgehead atoms. The van der Waals surface area contributed by atoms with Crippen molar-refractivity contribution in [2.45, 2.75) is 18.9 Å². The molecule has 3 N–H and O–H groups in total. The van der Waals surface area contributed by atoms with Gasteiger partial charge in [-0.05, 0) is 42.5 Å². The lowest BCUT2D eigenvalue weighted by Crippen LogP contribution is -2.25. The van der Waals surface area contributed by atoms with Gasteiger partial charge in [0.15, 0.2) is 0 Å². The van der Waals surface area contributed by atoms with Crippen LogP contribution in [0.1, 0.15) is 11.5 Å². The highest BCUT2D eigenvalue weighted by molar-refractivity contribution is 5.76. The Morgan fingerprint density at radius 3 is 2.50 bits per heavy atom. The van der Waals surface area contributed by atoms with Crippen molar-refractivity contribution in [3.05, 3.63) is 72.6 Å². The van der Waals surface area contributed by atoms with Gasteiger partial charge in [0.2, 0.25) is 11.8 Å². The molecule has 3 aromatic rings. The number of halogens is 3. The van der Waals surface area contributed by atoms with Gasteiger partial charge in [0, 0.05) is 5.69 Å². The Kier molecular flexibility index (Phi) is 5.76. The first kappa shape index (κ1) is 19.6. The van der Waals surface area contributed by atoms with E-state index in [4.69, 9.17) is 4.42 Å². The molecular weight excluding hydrogens is 373 g/mol. The minimum Gasteiger partial charge on any atom is -0.419 e. The van der Waals surface area contributed by atoms with E-state index in [0.29, 0.717) is 16.9 Å². The summed E-state index contributed by atoms with van der Waals surface area (Å²) in [5.41, 5.74) is 0.944. The molecular formula is C19H17F3N4O2. The van der Waals surface area contributed by atoms with Crippen LogP contribution in [0.2, 0.25) is 0 Å². The number of anilines is 2. The van der Waals surface area contributed by atoms with Crippen LogP contribution in [0.3, 0.4) is 0 Å². The Labute approximate surface area is 158 Å². The summed E-state index contributed by atoms with van der Waals surface area (Å²) in [6, 6.07) is 11.7. The molecule has 0 aliphatic rings. The molecule has 1 heterocycles. The van der Waals surface area contributed by atoms with Crippen LogP contribution in [0, 0.1) is 0 Å². The molecule has 0 aliphatic heterocycles. The molecule has 1 aromatic heterocycles. The number of rotatable bonds is 7. The number of aliphatic hydroxyl groups is 1. The first-order chi connectivity index (χ1) is 13.4. The second-order valence-corrected chi connectivity index (χ2v) is 5.81. The van der Waals surface area contributed by atoms with Gasteiger partial charge in [-0.2, -0.15) is 13.2 Å². The number of aliphatic hydroxyl groups excluding tert-OH is 1. The van der Waals surface area contributed by atoms with Crippen LogP contribution in [0.15, 0.2) is 65.6 Å². The number of benzene rings is 2. The maximum Gasteiger partial charge on any atom is 0.416 e. The summed E-state index contributed by atoms with van der Waals surface area (Å²) in [6.45, 7) is 3.59. The summed E-state index contributed by atoms with van der Waals surface area (Å²) in [6.07, 6.45) is -3.96. The normalized spacial score (nSPS) is 12.6. The van der Waals surface area contributed by atoms with Crippen LogP contribution in [-0.4, -0.2) is 21.5 Å². The number of nitrogens with zero attached hydrogens (tertiary/aromatic N) is 2. The van der Waals surface area contributed by atoms with Crippen LogP contribution in [-0.2, 0) is 12.7 Å². The fraction of sp³-hybridized carbons (Fsp3) is 0.158. The molecule has 1 atom stereocenters. The van der Waals surface area contributed by atoms with E-state index in [1.165, 1.54) is 18.2 Å². The van der Waals surface area contributed by atoms with Crippen molar-refractivity contribution in [3.63, 3.8) is 0 Å². The van der Waals surface area contributed by atoms with Crippen LogP contribution in [0.5, 0.6) is 0 Å². The quantitative estimate of drug-likeness (QED) is 0.416. The predicted octanol–water partition coefficient (Wildman–Crippen LogP) is 4.09. The Bertz CT molecular complexity index is 939. The second-order valence-electron chi connectivity index (χ2n) is 5.81. The van der Waals surface area contributed by atoms with Crippen LogP contribution in [0.4, 0.5) is 24.5 Å². The Hall–Kier alpha value is -3.17. The van der Waals surface area contributed by atoms with Crippen molar-refractivity contribution >= 4 is 11.4 Å². The average molecular weight is 390 g/mol. The number of aromatic nitrogens is 2. The van der Waals surface area contributed by atoms with Crippen molar-refractivity contribution in [1.29, 1.82) is 0 Å². The largest absolute Gasteiger partial charge is 0.419 e. The van der Waals surface area contributed by atoms with E-state index in [1.54, 1.807) is 24.3 Å². The Balaban J connectivity index is 1.78. The lowest BCUT2D eigenvalue weighted by atomic mass is 10.1. The van der Waals surface area contributed by atoms with Crippen molar-refractivity contribution in [2.75, 3.05) is 5.32 Å². The maximum absolute atomic E-state index is 12.7. The fourth-order valence-electron chi connectivity index (χ4n) is 2.39. The van der Waals surface area contributed by atoms with Crippen molar-refractivity contribution in [3.8, 4) is 11.5 Å². The van der Waals surface area contributed by atoms with Gasteiger partial charge in [-0.3, -0.25) is 5.32 Å². The molecule has 28 heavy (non-hydrogen) atoms. The van der Waals surface area contributed by atoms with Crippen LogP contribution >= 0.6 is 0 Å². The molecule has 6 nitrogen and oxygen atoms in total. The molecule has 3 rings (SSSR count). The number of alkyl halides is 3. The molecule has 0 aliphatic carbocycles. The van der Waals surface area contributed by atoms with E-state index in [1.807, 2.05) is 0 Å². The van der Waals surface area contributed by atoms with Gasteiger partial charge in [0.1, 0.15) is 6.23 Å².